The number of carbonyl (C=O) groups excluding carboxylic acids is 1. The Morgan fingerprint density at radius 3 is 2.70 bits per heavy atom. The zero-order chi connectivity index (χ0) is 21.3. The van der Waals surface area contributed by atoms with Gasteiger partial charge in [-0.1, -0.05) is 24.3 Å². The van der Waals surface area contributed by atoms with Crippen molar-refractivity contribution in [1.82, 2.24) is 20.1 Å². The molecule has 1 aromatic carbocycles. The lowest BCUT2D eigenvalue weighted by molar-refractivity contribution is 0.0951. The maximum Gasteiger partial charge on any atom is 0.280 e. The van der Waals surface area contributed by atoms with Crippen LogP contribution in [0.25, 0.3) is 16.9 Å². The van der Waals surface area contributed by atoms with Crippen molar-refractivity contribution in [3.05, 3.63) is 70.3 Å². The first-order chi connectivity index (χ1) is 14.6. The highest BCUT2D eigenvalue weighted by atomic mass is 16.5. The largest absolute Gasteiger partial charge is 0.385 e. The first-order valence-corrected chi connectivity index (χ1v) is 9.64. The molecule has 8 nitrogen and oxygen atoms in total. The number of unbranched alkanes of at least 4 members (excludes halogenated alkanes) is 1. The summed E-state index contributed by atoms with van der Waals surface area (Å²) in [6.45, 7) is 1.24. The summed E-state index contributed by atoms with van der Waals surface area (Å²) in [4.78, 5) is 29.2. The van der Waals surface area contributed by atoms with Crippen molar-refractivity contribution < 1.29 is 9.53 Å². The molecule has 0 aliphatic rings. The molecule has 3 aromatic rings. The summed E-state index contributed by atoms with van der Waals surface area (Å²) in [7, 11) is 1.65. The van der Waals surface area contributed by atoms with Gasteiger partial charge < -0.3 is 10.1 Å². The molecular formula is C22H23N5O3. The number of nitriles is 1. The van der Waals surface area contributed by atoms with E-state index < -0.39 is 0 Å². The van der Waals surface area contributed by atoms with Crippen LogP contribution in [-0.4, -0.2) is 40.9 Å². The number of hydrogen-bond donors (Lipinski definition) is 2. The molecule has 2 heterocycles. The average molecular weight is 405 g/mol. The van der Waals surface area contributed by atoms with Crippen molar-refractivity contribution >= 4 is 5.91 Å². The van der Waals surface area contributed by atoms with Gasteiger partial charge >= 0.3 is 0 Å². The summed E-state index contributed by atoms with van der Waals surface area (Å²) in [5, 5.41) is 14.5. The number of ether oxygens (including phenoxy) is 1. The number of nitrogens with one attached hydrogen (secondary N) is 2. The number of rotatable bonds is 9. The Bertz CT molecular complexity index is 1080. The SMILES string of the molecule is COCCCCNC(=O)c1ccc(-n2[nH]cc(-c3ccc(CC#N)cc3)c2=O)nc1. The third-order valence-electron chi connectivity index (χ3n) is 4.62. The van der Waals surface area contributed by atoms with Gasteiger partial charge in [-0.15, -0.1) is 0 Å². The summed E-state index contributed by atoms with van der Waals surface area (Å²) < 4.78 is 6.30. The van der Waals surface area contributed by atoms with E-state index in [0.29, 0.717) is 36.5 Å². The van der Waals surface area contributed by atoms with Gasteiger partial charge in [-0.2, -0.15) is 5.26 Å². The van der Waals surface area contributed by atoms with Gasteiger partial charge in [-0.25, -0.2) is 9.67 Å². The van der Waals surface area contributed by atoms with Crippen molar-refractivity contribution in [2.75, 3.05) is 20.3 Å². The molecule has 0 unspecified atom stereocenters. The summed E-state index contributed by atoms with van der Waals surface area (Å²) in [6, 6.07) is 12.6. The minimum Gasteiger partial charge on any atom is -0.385 e. The molecular weight excluding hydrogens is 382 g/mol. The summed E-state index contributed by atoms with van der Waals surface area (Å²) in [6.07, 6.45) is 5.11. The molecule has 0 saturated heterocycles. The number of pyridine rings is 1. The first-order valence-electron chi connectivity index (χ1n) is 9.64. The maximum atomic E-state index is 12.8. The van der Waals surface area contributed by atoms with Crippen LogP contribution in [0.4, 0.5) is 0 Å². The van der Waals surface area contributed by atoms with Crippen molar-refractivity contribution in [2.24, 2.45) is 0 Å². The maximum absolute atomic E-state index is 12.8. The van der Waals surface area contributed by atoms with E-state index >= 15 is 0 Å². The fourth-order valence-electron chi connectivity index (χ4n) is 2.97. The number of H-pyrrole nitrogens is 1. The second-order valence-corrected chi connectivity index (χ2v) is 6.72. The molecule has 30 heavy (non-hydrogen) atoms. The molecule has 2 aromatic heterocycles. The summed E-state index contributed by atoms with van der Waals surface area (Å²) in [5.41, 5.74) is 2.33. The Hall–Kier alpha value is -3.70. The minimum atomic E-state index is -0.245. The van der Waals surface area contributed by atoms with Gasteiger partial charge in [0.15, 0.2) is 5.82 Å². The number of aromatic nitrogens is 3. The number of benzene rings is 1. The van der Waals surface area contributed by atoms with Gasteiger partial charge in [0.25, 0.3) is 11.5 Å². The van der Waals surface area contributed by atoms with Crippen LogP contribution in [-0.2, 0) is 11.2 Å². The van der Waals surface area contributed by atoms with Crippen LogP contribution in [0.5, 0.6) is 0 Å². The standard InChI is InChI=1S/C22H23N5O3/c1-30-13-3-2-12-24-21(28)18-8-9-20(25-14-18)27-22(29)19(15-26-27)17-6-4-16(5-7-17)10-11-23/h4-9,14-15,26H,2-3,10,12-13H2,1H3,(H,24,28). The first kappa shape index (κ1) is 21.0. The van der Waals surface area contributed by atoms with Crippen LogP contribution in [0, 0.1) is 11.3 Å². The number of amides is 1. The lowest BCUT2D eigenvalue weighted by Crippen LogP contribution is -2.25. The highest BCUT2D eigenvalue weighted by Crippen LogP contribution is 2.17. The summed E-state index contributed by atoms with van der Waals surface area (Å²) in [5.74, 6) is 0.187. The van der Waals surface area contributed by atoms with E-state index in [9.17, 15) is 9.59 Å². The third kappa shape index (κ3) is 5.01. The molecule has 0 radical (unpaired) electrons. The van der Waals surface area contributed by atoms with Gasteiger partial charge in [0.2, 0.25) is 0 Å². The van der Waals surface area contributed by atoms with E-state index in [1.165, 1.54) is 10.9 Å². The third-order valence-corrected chi connectivity index (χ3v) is 4.62. The Morgan fingerprint density at radius 1 is 1.23 bits per heavy atom. The van der Waals surface area contributed by atoms with Crippen LogP contribution in [0.2, 0.25) is 0 Å². The number of methoxy groups -OCH3 is 1. The highest BCUT2D eigenvalue weighted by molar-refractivity contribution is 5.93. The van der Waals surface area contributed by atoms with Crippen LogP contribution >= 0.6 is 0 Å². The van der Waals surface area contributed by atoms with E-state index in [2.05, 4.69) is 21.5 Å². The van der Waals surface area contributed by atoms with Gasteiger partial charge in [0.1, 0.15) is 0 Å². The summed E-state index contributed by atoms with van der Waals surface area (Å²) >= 11 is 0. The minimum absolute atomic E-state index is 0.205. The second kappa shape index (κ2) is 10.2. The molecule has 1 amide bonds. The molecule has 3 rings (SSSR count). The lowest BCUT2D eigenvalue weighted by atomic mass is 10.1. The normalized spacial score (nSPS) is 10.5. The molecule has 2 N–H and O–H groups in total. The van der Waals surface area contributed by atoms with Crippen molar-refractivity contribution in [2.45, 2.75) is 19.3 Å². The van der Waals surface area contributed by atoms with Crippen molar-refractivity contribution in [1.29, 1.82) is 5.26 Å². The van der Waals surface area contributed by atoms with E-state index in [1.54, 1.807) is 25.4 Å². The van der Waals surface area contributed by atoms with Crippen LogP contribution in [0.1, 0.15) is 28.8 Å². The fraction of sp³-hybridized carbons (Fsp3) is 0.273. The van der Waals surface area contributed by atoms with E-state index in [0.717, 1.165) is 24.0 Å². The van der Waals surface area contributed by atoms with E-state index in [-0.39, 0.29) is 11.5 Å². The Kier molecular flexibility index (Phi) is 7.14. The van der Waals surface area contributed by atoms with E-state index in [1.807, 2.05) is 24.3 Å². The Morgan fingerprint density at radius 2 is 2.03 bits per heavy atom. The molecule has 0 atom stereocenters. The fourth-order valence-corrected chi connectivity index (χ4v) is 2.97. The zero-order valence-corrected chi connectivity index (χ0v) is 16.7. The lowest BCUT2D eigenvalue weighted by Gasteiger charge is -2.06. The van der Waals surface area contributed by atoms with Crippen molar-refractivity contribution in [3.63, 3.8) is 0 Å². The smallest absolute Gasteiger partial charge is 0.280 e. The highest BCUT2D eigenvalue weighted by Gasteiger charge is 2.12. The number of nitrogens with zero attached hydrogens (tertiary/aromatic N) is 3. The monoisotopic (exact) mass is 405 g/mol. The van der Waals surface area contributed by atoms with Crippen LogP contribution in [0.3, 0.4) is 0 Å². The number of hydrogen-bond acceptors (Lipinski definition) is 5. The van der Waals surface area contributed by atoms with Gasteiger partial charge in [-0.3, -0.25) is 14.7 Å². The van der Waals surface area contributed by atoms with Crippen LogP contribution < -0.4 is 10.9 Å². The molecule has 0 bridgehead atoms. The van der Waals surface area contributed by atoms with Gasteiger partial charge in [0.05, 0.1) is 23.6 Å². The molecule has 0 fully saturated rings. The molecule has 0 saturated carbocycles. The molecule has 8 heteroatoms. The topological polar surface area (TPSA) is 113 Å². The predicted octanol–water partition coefficient (Wildman–Crippen LogP) is 2.45. The van der Waals surface area contributed by atoms with E-state index in [4.69, 9.17) is 10.00 Å². The number of aromatic amines is 1. The molecule has 0 aliphatic carbocycles. The predicted molar refractivity (Wildman–Crippen MR) is 112 cm³/mol. The van der Waals surface area contributed by atoms with Gasteiger partial charge in [0, 0.05) is 32.7 Å². The number of carbonyl (C=O) groups is 1. The second-order valence-electron chi connectivity index (χ2n) is 6.72. The molecule has 0 aliphatic heterocycles. The van der Waals surface area contributed by atoms with Crippen LogP contribution in [0.15, 0.2) is 53.6 Å². The quantitative estimate of drug-likeness (QED) is 0.531. The molecule has 154 valence electrons. The van der Waals surface area contributed by atoms with Gasteiger partial charge in [-0.05, 0) is 36.1 Å². The zero-order valence-electron chi connectivity index (χ0n) is 16.7. The van der Waals surface area contributed by atoms with Crippen molar-refractivity contribution in [3.8, 4) is 23.0 Å². The average Bonchev–Trinajstić information content (AvgIpc) is 3.15. The molecule has 0 spiro atoms. The Balaban J connectivity index is 1.69. The Labute approximate surface area is 174 Å².